The average molecular weight is 291 g/mol. The van der Waals surface area contributed by atoms with Gasteiger partial charge in [0.05, 0.1) is 12.6 Å². The summed E-state index contributed by atoms with van der Waals surface area (Å²) in [7, 11) is 1.40. The predicted molar refractivity (Wildman–Crippen MR) is 79.7 cm³/mol. The minimum absolute atomic E-state index is 0.252. The maximum atomic E-state index is 11.7. The Balaban J connectivity index is 2.13. The zero-order chi connectivity index (χ0) is 14.4. The monoisotopic (exact) mass is 291 g/mol. The average Bonchev–Trinajstić information content (AvgIpc) is 2.50. The van der Waals surface area contributed by atoms with E-state index >= 15 is 0 Å². The second kappa shape index (κ2) is 7.21. The molecule has 2 aromatic rings. The van der Waals surface area contributed by atoms with Gasteiger partial charge in [-0.25, -0.2) is 9.97 Å². The van der Waals surface area contributed by atoms with Gasteiger partial charge in [0.2, 0.25) is 0 Å². The third-order valence-electron chi connectivity index (χ3n) is 2.83. The van der Waals surface area contributed by atoms with Gasteiger partial charge in [0.1, 0.15) is 17.4 Å². The third-order valence-corrected chi connectivity index (χ3v) is 3.93. The van der Waals surface area contributed by atoms with Crippen molar-refractivity contribution in [1.82, 2.24) is 15.3 Å². The van der Waals surface area contributed by atoms with E-state index in [2.05, 4.69) is 15.3 Å². The molecule has 0 radical (unpaired) electrons. The van der Waals surface area contributed by atoms with Crippen LogP contribution < -0.4 is 5.32 Å². The van der Waals surface area contributed by atoms with Crippen molar-refractivity contribution in [2.45, 2.75) is 18.0 Å². The van der Waals surface area contributed by atoms with Gasteiger partial charge in [-0.2, -0.15) is 0 Å². The van der Waals surface area contributed by atoms with Crippen molar-refractivity contribution < 1.29 is 9.53 Å². The quantitative estimate of drug-likeness (QED) is 0.498. The van der Waals surface area contributed by atoms with Crippen LogP contribution in [0.3, 0.4) is 0 Å². The van der Waals surface area contributed by atoms with Crippen LogP contribution in [-0.2, 0) is 9.53 Å². The van der Waals surface area contributed by atoms with Crippen molar-refractivity contribution in [3.8, 4) is 0 Å². The molecule has 1 unspecified atom stereocenters. The number of esters is 1. The van der Waals surface area contributed by atoms with E-state index in [0.29, 0.717) is 12.3 Å². The SMILES string of the molecule is CCNC(CSc1ncnc2ccccc12)C(=O)OC. The van der Waals surface area contributed by atoms with Crippen LogP contribution in [0.5, 0.6) is 0 Å². The molecule has 1 atom stereocenters. The minimum atomic E-state index is -0.330. The number of aromatic nitrogens is 2. The van der Waals surface area contributed by atoms with Crippen LogP contribution in [0.15, 0.2) is 35.6 Å². The molecular weight excluding hydrogens is 274 g/mol. The molecule has 0 aliphatic heterocycles. The van der Waals surface area contributed by atoms with Crippen molar-refractivity contribution in [2.24, 2.45) is 0 Å². The Bertz CT molecular complexity index is 586. The number of ether oxygens (including phenoxy) is 1. The van der Waals surface area contributed by atoms with E-state index in [1.165, 1.54) is 18.9 Å². The lowest BCUT2D eigenvalue weighted by Crippen LogP contribution is -2.39. The summed E-state index contributed by atoms with van der Waals surface area (Å²) in [6.45, 7) is 2.67. The molecule has 0 bridgehead atoms. The number of hydrogen-bond acceptors (Lipinski definition) is 6. The number of fused-ring (bicyclic) bond motifs is 1. The number of thioether (sulfide) groups is 1. The number of rotatable bonds is 6. The predicted octanol–water partition coefficient (Wildman–Crippen LogP) is 1.87. The van der Waals surface area contributed by atoms with Crippen LogP contribution in [-0.4, -0.2) is 41.4 Å². The summed E-state index contributed by atoms with van der Waals surface area (Å²) >= 11 is 1.53. The van der Waals surface area contributed by atoms with Crippen LogP contribution >= 0.6 is 11.8 Å². The number of hydrogen-bond donors (Lipinski definition) is 1. The molecule has 0 saturated carbocycles. The smallest absolute Gasteiger partial charge is 0.323 e. The third kappa shape index (κ3) is 3.46. The number of nitrogens with zero attached hydrogens (tertiary/aromatic N) is 2. The van der Waals surface area contributed by atoms with Gasteiger partial charge in [0, 0.05) is 11.1 Å². The number of likely N-dealkylation sites (N-methyl/N-ethyl adjacent to an activating group) is 1. The Morgan fingerprint density at radius 1 is 1.40 bits per heavy atom. The van der Waals surface area contributed by atoms with Crippen molar-refractivity contribution >= 4 is 28.6 Å². The summed E-state index contributed by atoms with van der Waals surface area (Å²) in [5.74, 6) is 0.319. The maximum absolute atomic E-state index is 11.7. The zero-order valence-corrected chi connectivity index (χ0v) is 12.3. The van der Waals surface area contributed by atoms with E-state index in [1.807, 2.05) is 31.2 Å². The summed E-state index contributed by atoms with van der Waals surface area (Å²) in [5.41, 5.74) is 0.906. The first kappa shape index (κ1) is 14.7. The van der Waals surface area contributed by atoms with Crippen molar-refractivity contribution in [2.75, 3.05) is 19.4 Å². The molecule has 5 nitrogen and oxygen atoms in total. The molecule has 2 rings (SSSR count). The van der Waals surface area contributed by atoms with E-state index in [4.69, 9.17) is 4.74 Å². The first-order chi connectivity index (χ1) is 9.76. The van der Waals surface area contributed by atoms with Gasteiger partial charge >= 0.3 is 5.97 Å². The minimum Gasteiger partial charge on any atom is -0.468 e. The highest BCUT2D eigenvalue weighted by Crippen LogP contribution is 2.24. The van der Waals surface area contributed by atoms with E-state index in [-0.39, 0.29) is 12.0 Å². The van der Waals surface area contributed by atoms with Crippen LogP contribution in [0.1, 0.15) is 6.92 Å². The highest BCUT2D eigenvalue weighted by atomic mass is 32.2. The van der Waals surface area contributed by atoms with Crippen molar-refractivity contribution in [3.05, 3.63) is 30.6 Å². The maximum Gasteiger partial charge on any atom is 0.323 e. The van der Waals surface area contributed by atoms with E-state index in [9.17, 15) is 4.79 Å². The summed E-state index contributed by atoms with van der Waals surface area (Å²) in [5, 5.41) is 4.99. The molecule has 0 aliphatic rings. The lowest BCUT2D eigenvalue weighted by Gasteiger charge is -2.14. The Hall–Kier alpha value is -1.66. The molecule has 1 aromatic heterocycles. The molecule has 1 N–H and O–H groups in total. The molecule has 0 fully saturated rings. The highest BCUT2D eigenvalue weighted by Gasteiger charge is 2.18. The first-order valence-electron chi connectivity index (χ1n) is 6.40. The molecule has 0 aliphatic carbocycles. The Labute approximate surface area is 122 Å². The zero-order valence-electron chi connectivity index (χ0n) is 11.5. The number of benzene rings is 1. The van der Waals surface area contributed by atoms with E-state index in [0.717, 1.165) is 15.9 Å². The fourth-order valence-electron chi connectivity index (χ4n) is 1.86. The summed E-state index contributed by atoms with van der Waals surface area (Å²) < 4.78 is 4.79. The summed E-state index contributed by atoms with van der Waals surface area (Å²) in [6.07, 6.45) is 1.55. The second-order valence-electron chi connectivity index (χ2n) is 4.14. The summed E-state index contributed by atoms with van der Waals surface area (Å²) in [4.78, 5) is 20.2. The molecule has 1 aromatic carbocycles. The Morgan fingerprint density at radius 2 is 2.20 bits per heavy atom. The first-order valence-corrected chi connectivity index (χ1v) is 7.38. The number of para-hydroxylation sites is 1. The standard InChI is InChI=1S/C14H17N3O2S/c1-3-15-12(14(18)19-2)8-20-13-10-6-4-5-7-11(10)16-9-17-13/h4-7,9,12,15H,3,8H2,1-2H3. The van der Waals surface area contributed by atoms with Gasteiger partial charge < -0.3 is 10.1 Å². The summed E-state index contributed by atoms with van der Waals surface area (Å²) in [6, 6.07) is 7.50. The lowest BCUT2D eigenvalue weighted by molar-refractivity contribution is -0.142. The molecule has 1 heterocycles. The number of carbonyl (C=O) groups is 1. The molecule has 106 valence electrons. The lowest BCUT2D eigenvalue weighted by atomic mass is 10.2. The number of carbonyl (C=O) groups excluding carboxylic acids is 1. The molecule has 0 spiro atoms. The van der Waals surface area contributed by atoms with Gasteiger partial charge in [-0.05, 0) is 12.6 Å². The fraction of sp³-hybridized carbons (Fsp3) is 0.357. The molecule has 6 heteroatoms. The molecule has 0 amide bonds. The van der Waals surface area contributed by atoms with Gasteiger partial charge in [-0.15, -0.1) is 11.8 Å². The van der Waals surface area contributed by atoms with Crippen molar-refractivity contribution in [3.63, 3.8) is 0 Å². The highest BCUT2D eigenvalue weighted by molar-refractivity contribution is 7.99. The van der Waals surface area contributed by atoms with Gasteiger partial charge in [-0.3, -0.25) is 4.79 Å². The Kier molecular flexibility index (Phi) is 5.31. The molecule has 0 saturated heterocycles. The normalized spacial score (nSPS) is 12.3. The second-order valence-corrected chi connectivity index (χ2v) is 5.15. The number of methoxy groups -OCH3 is 1. The van der Waals surface area contributed by atoms with Crippen LogP contribution in [0, 0.1) is 0 Å². The van der Waals surface area contributed by atoms with Crippen molar-refractivity contribution in [1.29, 1.82) is 0 Å². The Morgan fingerprint density at radius 3 is 2.95 bits per heavy atom. The fourth-order valence-corrected chi connectivity index (χ4v) is 2.88. The van der Waals surface area contributed by atoms with Gasteiger partial charge in [0.25, 0.3) is 0 Å². The van der Waals surface area contributed by atoms with Crippen LogP contribution in [0.4, 0.5) is 0 Å². The molecule has 20 heavy (non-hydrogen) atoms. The van der Waals surface area contributed by atoms with Crippen LogP contribution in [0.2, 0.25) is 0 Å². The van der Waals surface area contributed by atoms with Gasteiger partial charge in [-0.1, -0.05) is 25.1 Å². The van der Waals surface area contributed by atoms with E-state index < -0.39 is 0 Å². The topological polar surface area (TPSA) is 64.1 Å². The van der Waals surface area contributed by atoms with Crippen LogP contribution in [0.25, 0.3) is 10.9 Å². The largest absolute Gasteiger partial charge is 0.468 e. The van der Waals surface area contributed by atoms with E-state index in [1.54, 1.807) is 6.33 Å². The molecular formula is C14H17N3O2S. The number of nitrogens with one attached hydrogen (secondary N) is 1. The van der Waals surface area contributed by atoms with Gasteiger partial charge in [0.15, 0.2) is 0 Å².